The molecule has 2 heterocycles. The number of nitrogens with one attached hydrogen (secondary N) is 1. The number of piperidine rings is 1. The number of rotatable bonds is 7. The van der Waals surface area contributed by atoms with Gasteiger partial charge in [-0.25, -0.2) is 0 Å². The Morgan fingerprint density at radius 3 is 2.34 bits per heavy atom. The van der Waals surface area contributed by atoms with Crippen LogP contribution in [-0.2, 0) is 14.3 Å². The third-order valence-electron chi connectivity index (χ3n) is 5.69. The standard InChI is InChI=1S/C23H29N3O6/c1-4-32-20(28)8-7-19(27)24-16-9-11-25(12-10-16)21(29)15-5-6-17-18(13-15)23(31)26(14(2)3)22(17)30/h5-6,13-14,16H,4,7-12H2,1-3H3,(H,24,27). The Bertz CT molecular complexity index is 934. The van der Waals surface area contributed by atoms with Crippen molar-refractivity contribution < 1.29 is 28.7 Å². The van der Waals surface area contributed by atoms with Crippen LogP contribution in [0.4, 0.5) is 0 Å². The fourth-order valence-electron chi connectivity index (χ4n) is 4.02. The maximum atomic E-state index is 12.9. The molecule has 172 valence electrons. The molecule has 0 atom stereocenters. The number of amides is 4. The molecule has 0 radical (unpaired) electrons. The summed E-state index contributed by atoms with van der Waals surface area (Å²) in [6, 6.07) is 4.31. The minimum atomic E-state index is -0.394. The molecule has 1 aromatic carbocycles. The second kappa shape index (κ2) is 9.93. The molecule has 0 unspecified atom stereocenters. The molecule has 9 nitrogen and oxygen atoms in total. The van der Waals surface area contributed by atoms with Gasteiger partial charge in [-0.1, -0.05) is 0 Å². The van der Waals surface area contributed by atoms with Gasteiger partial charge in [0, 0.05) is 37.2 Å². The summed E-state index contributed by atoms with van der Waals surface area (Å²) in [5, 5.41) is 2.90. The zero-order chi connectivity index (χ0) is 23.4. The number of hydrogen-bond donors (Lipinski definition) is 1. The highest BCUT2D eigenvalue weighted by Crippen LogP contribution is 2.26. The van der Waals surface area contributed by atoms with E-state index in [1.165, 1.54) is 11.0 Å². The van der Waals surface area contributed by atoms with Crippen LogP contribution in [0.15, 0.2) is 18.2 Å². The predicted octanol–water partition coefficient (Wildman–Crippen LogP) is 1.76. The van der Waals surface area contributed by atoms with Crippen molar-refractivity contribution >= 4 is 29.6 Å². The first-order valence-electron chi connectivity index (χ1n) is 11.0. The van der Waals surface area contributed by atoms with Gasteiger partial charge in [0.1, 0.15) is 0 Å². The van der Waals surface area contributed by atoms with Crippen LogP contribution < -0.4 is 5.32 Å². The molecule has 3 rings (SSSR count). The summed E-state index contributed by atoms with van der Waals surface area (Å²) in [6.45, 7) is 6.47. The number of fused-ring (bicyclic) bond motifs is 1. The van der Waals surface area contributed by atoms with E-state index in [2.05, 4.69) is 5.32 Å². The Morgan fingerprint density at radius 2 is 1.72 bits per heavy atom. The molecule has 1 aromatic rings. The van der Waals surface area contributed by atoms with Crippen LogP contribution in [0.25, 0.3) is 0 Å². The summed E-state index contributed by atoms with van der Waals surface area (Å²) in [5.74, 6) is -1.52. The van der Waals surface area contributed by atoms with Crippen molar-refractivity contribution in [1.29, 1.82) is 0 Å². The number of esters is 1. The van der Waals surface area contributed by atoms with Crippen molar-refractivity contribution in [3.63, 3.8) is 0 Å². The summed E-state index contributed by atoms with van der Waals surface area (Å²) < 4.78 is 4.82. The molecule has 1 fully saturated rings. The van der Waals surface area contributed by atoms with Crippen LogP contribution in [0.1, 0.15) is 77.5 Å². The van der Waals surface area contributed by atoms with Crippen molar-refractivity contribution in [2.24, 2.45) is 0 Å². The number of carbonyl (C=O) groups is 5. The van der Waals surface area contributed by atoms with Crippen molar-refractivity contribution in [3.05, 3.63) is 34.9 Å². The smallest absolute Gasteiger partial charge is 0.306 e. The first-order chi connectivity index (χ1) is 15.2. The molecule has 0 saturated carbocycles. The van der Waals surface area contributed by atoms with Crippen LogP contribution in [0.5, 0.6) is 0 Å². The summed E-state index contributed by atoms with van der Waals surface area (Å²) >= 11 is 0. The van der Waals surface area contributed by atoms with Gasteiger partial charge in [0.15, 0.2) is 0 Å². The van der Waals surface area contributed by atoms with Gasteiger partial charge in [-0.15, -0.1) is 0 Å². The van der Waals surface area contributed by atoms with Gasteiger partial charge >= 0.3 is 5.97 Å². The fraction of sp³-hybridized carbons (Fsp3) is 0.522. The van der Waals surface area contributed by atoms with Crippen LogP contribution >= 0.6 is 0 Å². The third kappa shape index (κ3) is 4.98. The second-order valence-corrected chi connectivity index (χ2v) is 8.27. The highest BCUT2D eigenvalue weighted by Gasteiger charge is 2.38. The molecule has 0 aliphatic carbocycles. The second-order valence-electron chi connectivity index (χ2n) is 8.27. The largest absolute Gasteiger partial charge is 0.466 e. The maximum Gasteiger partial charge on any atom is 0.306 e. The number of imide groups is 1. The van der Waals surface area contributed by atoms with E-state index in [1.807, 2.05) is 0 Å². The van der Waals surface area contributed by atoms with E-state index in [1.54, 1.807) is 37.8 Å². The lowest BCUT2D eigenvalue weighted by atomic mass is 10.0. The number of likely N-dealkylation sites (tertiary alicyclic amines) is 1. The van der Waals surface area contributed by atoms with E-state index in [4.69, 9.17) is 4.74 Å². The van der Waals surface area contributed by atoms with E-state index in [9.17, 15) is 24.0 Å². The molecule has 9 heteroatoms. The Labute approximate surface area is 187 Å². The lowest BCUT2D eigenvalue weighted by Gasteiger charge is -2.32. The lowest BCUT2D eigenvalue weighted by molar-refractivity contribution is -0.144. The molecule has 4 amide bonds. The van der Waals surface area contributed by atoms with Gasteiger partial charge in [0.25, 0.3) is 17.7 Å². The SMILES string of the molecule is CCOC(=O)CCC(=O)NC1CCN(C(=O)c2ccc3c(c2)C(=O)N(C(C)C)C3=O)CC1. The highest BCUT2D eigenvalue weighted by molar-refractivity contribution is 6.22. The van der Waals surface area contributed by atoms with Crippen LogP contribution in [0.3, 0.4) is 0 Å². The van der Waals surface area contributed by atoms with Gasteiger partial charge in [0.05, 0.1) is 24.2 Å². The van der Waals surface area contributed by atoms with Gasteiger partial charge in [-0.2, -0.15) is 0 Å². The molecule has 1 N–H and O–H groups in total. The molecule has 1 saturated heterocycles. The van der Waals surface area contributed by atoms with E-state index in [0.29, 0.717) is 37.1 Å². The number of ether oxygens (including phenoxy) is 1. The van der Waals surface area contributed by atoms with E-state index < -0.39 is 5.97 Å². The zero-order valence-electron chi connectivity index (χ0n) is 18.7. The molecule has 32 heavy (non-hydrogen) atoms. The van der Waals surface area contributed by atoms with Gasteiger partial charge in [0.2, 0.25) is 5.91 Å². The maximum absolute atomic E-state index is 12.9. The third-order valence-corrected chi connectivity index (χ3v) is 5.69. The Morgan fingerprint density at radius 1 is 1.06 bits per heavy atom. The first-order valence-corrected chi connectivity index (χ1v) is 11.0. The number of carbonyl (C=O) groups excluding carboxylic acids is 5. The van der Waals surface area contributed by atoms with Crippen molar-refractivity contribution in [1.82, 2.24) is 15.1 Å². The lowest BCUT2D eigenvalue weighted by Crippen LogP contribution is -2.46. The number of hydrogen-bond acceptors (Lipinski definition) is 6. The monoisotopic (exact) mass is 443 g/mol. The fourth-order valence-corrected chi connectivity index (χ4v) is 4.02. The Kier molecular flexibility index (Phi) is 7.27. The zero-order valence-corrected chi connectivity index (χ0v) is 18.7. The minimum Gasteiger partial charge on any atom is -0.466 e. The molecule has 0 aromatic heterocycles. The molecule has 2 aliphatic heterocycles. The first kappa shape index (κ1) is 23.4. The number of benzene rings is 1. The normalized spacial score (nSPS) is 16.4. The van der Waals surface area contributed by atoms with E-state index >= 15 is 0 Å². The summed E-state index contributed by atoms with van der Waals surface area (Å²) in [5.41, 5.74) is 0.954. The quantitative estimate of drug-likeness (QED) is 0.507. The Hall–Kier alpha value is -3.23. The molecule has 0 bridgehead atoms. The van der Waals surface area contributed by atoms with E-state index in [-0.39, 0.29) is 60.7 Å². The van der Waals surface area contributed by atoms with Crippen LogP contribution in [0, 0.1) is 0 Å². The van der Waals surface area contributed by atoms with E-state index in [0.717, 1.165) is 0 Å². The van der Waals surface area contributed by atoms with Crippen LogP contribution in [0.2, 0.25) is 0 Å². The van der Waals surface area contributed by atoms with Crippen molar-refractivity contribution in [3.8, 4) is 0 Å². The van der Waals surface area contributed by atoms with Crippen LogP contribution in [-0.4, -0.2) is 71.2 Å². The van der Waals surface area contributed by atoms with Crippen molar-refractivity contribution in [2.75, 3.05) is 19.7 Å². The highest BCUT2D eigenvalue weighted by atomic mass is 16.5. The van der Waals surface area contributed by atoms with Gasteiger partial charge in [-0.05, 0) is 51.8 Å². The summed E-state index contributed by atoms with van der Waals surface area (Å²) in [6.07, 6.45) is 1.32. The molecular formula is C23H29N3O6. The minimum absolute atomic E-state index is 0.0464. The summed E-state index contributed by atoms with van der Waals surface area (Å²) in [7, 11) is 0. The average Bonchev–Trinajstić information content (AvgIpc) is 3.02. The molecule has 2 aliphatic rings. The van der Waals surface area contributed by atoms with Gasteiger partial charge in [-0.3, -0.25) is 28.9 Å². The Balaban J connectivity index is 1.54. The molecule has 0 spiro atoms. The predicted molar refractivity (Wildman–Crippen MR) is 115 cm³/mol. The van der Waals surface area contributed by atoms with Crippen molar-refractivity contribution in [2.45, 2.75) is 58.5 Å². The average molecular weight is 444 g/mol. The summed E-state index contributed by atoms with van der Waals surface area (Å²) in [4.78, 5) is 64.2. The molecular weight excluding hydrogens is 414 g/mol. The topological polar surface area (TPSA) is 113 Å². The number of nitrogens with zero attached hydrogens (tertiary/aromatic N) is 2. The van der Waals surface area contributed by atoms with Gasteiger partial charge < -0.3 is 15.0 Å².